The van der Waals surface area contributed by atoms with Crippen LogP contribution in [-0.2, 0) is 12.4 Å². The van der Waals surface area contributed by atoms with Crippen molar-refractivity contribution in [3.05, 3.63) is 46.8 Å². The highest BCUT2D eigenvalue weighted by molar-refractivity contribution is 7.14. The Labute approximate surface area is 129 Å². The Morgan fingerprint density at radius 3 is 1.91 bits per heavy atom. The lowest BCUT2D eigenvalue weighted by atomic mass is 10.1. The zero-order chi connectivity index (χ0) is 17.3. The van der Waals surface area contributed by atoms with Crippen LogP contribution in [0.5, 0.6) is 0 Å². The predicted octanol–water partition coefficient (Wildman–Crippen LogP) is 5.43. The predicted molar refractivity (Wildman–Crippen MR) is 73.4 cm³/mol. The number of hydrogen-bond donors (Lipinski definition) is 2. The Kier molecular flexibility index (Phi) is 4.55. The Morgan fingerprint density at radius 1 is 0.913 bits per heavy atom. The van der Waals surface area contributed by atoms with Gasteiger partial charge in [0.2, 0.25) is 0 Å². The van der Waals surface area contributed by atoms with E-state index < -0.39 is 35.2 Å². The zero-order valence-electron chi connectivity index (χ0n) is 11.0. The van der Waals surface area contributed by atoms with E-state index in [4.69, 9.17) is 0 Å². The summed E-state index contributed by atoms with van der Waals surface area (Å²) in [6.45, 7) is 0. The van der Waals surface area contributed by atoms with E-state index in [2.05, 4.69) is 5.32 Å². The van der Waals surface area contributed by atoms with Crippen LogP contribution in [0.25, 0.3) is 0 Å². The van der Waals surface area contributed by atoms with Crippen molar-refractivity contribution in [1.82, 2.24) is 0 Å². The maximum Gasteiger partial charge on any atom is 0.416 e. The highest BCUT2D eigenvalue weighted by atomic mass is 32.1. The average molecular weight is 354 g/mol. The Hall–Kier alpha value is -2.23. The highest BCUT2D eigenvalue weighted by Crippen LogP contribution is 2.37. The first-order valence-corrected chi connectivity index (χ1v) is 6.84. The van der Waals surface area contributed by atoms with Gasteiger partial charge in [0.05, 0.1) is 16.1 Å². The van der Waals surface area contributed by atoms with Gasteiger partial charge in [-0.1, -0.05) is 0 Å². The van der Waals surface area contributed by atoms with E-state index in [0.29, 0.717) is 17.1 Å². The van der Waals surface area contributed by atoms with Crippen LogP contribution >= 0.6 is 11.3 Å². The lowest BCUT2D eigenvalue weighted by Gasteiger charge is -2.14. The molecule has 0 atom stereocenters. The first-order valence-electron chi connectivity index (χ1n) is 5.97. The van der Waals surface area contributed by atoms with E-state index in [0.717, 1.165) is 11.3 Å². The number of benzene rings is 1. The maximum absolute atomic E-state index is 12.7. The number of hydrogen-bond acceptors (Lipinski definition) is 2. The Morgan fingerprint density at radius 2 is 1.48 bits per heavy atom. The van der Waals surface area contributed by atoms with E-state index in [9.17, 15) is 31.1 Å². The standard InChI is InChI=1S/C13H8F6N2OS/c14-12(15,16)7-4-8(13(17,18)19)6-9(5-7)20-11(22)21-10-2-1-3-23-10/h1-6H,(H2,20,21,22). The lowest BCUT2D eigenvalue weighted by molar-refractivity contribution is -0.143. The van der Waals surface area contributed by atoms with Crippen molar-refractivity contribution in [3.8, 4) is 0 Å². The maximum atomic E-state index is 12.7. The molecule has 1 heterocycles. The molecule has 0 aliphatic rings. The topological polar surface area (TPSA) is 41.1 Å². The van der Waals surface area contributed by atoms with Crippen molar-refractivity contribution in [3.63, 3.8) is 0 Å². The van der Waals surface area contributed by atoms with E-state index >= 15 is 0 Å². The molecule has 1 aromatic heterocycles. The highest BCUT2D eigenvalue weighted by Gasteiger charge is 2.37. The van der Waals surface area contributed by atoms with E-state index in [1.807, 2.05) is 5.32 Å². The molecule has 1 aromatic carbocycles. The van der Waals surface area contributed by atoms with Gasteiger partial charge in [-0.05, 0) is 35.7 Å². The van der Waals surface area contributed by atoms with Crippen LogP contribution in [0.4, 0.5) is 41.8 Å². The van der Waals surface area contributed by atoms with Crippen LogP contribution in [0.15, 0.2) is 35.7 Å². The van der Waals surface area contributed by atoms with Crippen molar-refractivity contribution in [2.75, 3.05) is 10.6 Å². The van der Waals surface area contributed by atoms with E-state index in [-0.39, 0.29) is 6.07 Å². The van der Waals surface area contributed by atoms with Crippen LogP contribution in [-0.4, -0.2) is 6.03 Å². The van der Waals surface area contributed by atoms with Crippen LogP contribution in [0, 0.1) is 0 Å². The van der Waals surface area contributed by atoms with Gasteiger partial charge in [0.1, 0.15) is 0 Å². The fourth-order valence-electron chi connectivity index (χ4n) is 1.65. The number of alkyl halides is 6. The molecule has 0 bridgehead atoms. The van der Waals surface area contributed by atoms with Gasteiger partial charge >= 0.3 is 18.4 Å². The van der Waals surface area contributed by atoms with Gasteiger partial charge < -0.3 is 5.32 Å². The van der Waals surface area contributed by atoms with Crippen LogP contribution < -0.4 is 10.6 Å². The molecule has 23 heavy (non-hydrogen) atoms. The largest absolute Gasteiger partial charge is 0.416 e. The van der Waals surface area contributed by atoms with Crippen molar-refractivity contribution >= 4 is 28.1 Å². The smallest absolute Gasteiger partial charge is 0.308 e. The van der Waals surface area contributed by atoms with Gasteiger partial charge in [-0.15, -0.1) is 11.3 Å². The van der Waals surface area contributed by atoms with Gasteiger partial charge in [0.25, 0.3) is 0 Å². The third-order valence-corrected chi connectivity index (χ3v) is 3.39. The SMILES string of the molecule is O=C(Nc1cc(C(F)(F)F)cc(C(F)(F)F)c1)Nc1cccs1. The molecule has 124 valence electrons. The number of carbonyl (C=O) groups is 1. The average Bonchev–Trinajstić information content (AvgIpc) is 2.88. The molecule has 0 unspecified atom stereocenters. The molecule has 0 saturated heterocycles. The third-order valence-electron chi connectivity index (χ3n) is 2.60. The Balaban J connectivity index is 2.28. The summed E-state index contributed by atoms with van der Waals surface area (Å²) in [6.07, 6.45) is -9.94. The minimum atomic E-state index is -4.97. The van der Waals surface area contributed by atoms with Crippen molar-refractivity contribution < 1.29 is 31.1 Å². The number of carbonyl (C=O) groups excluding carboxylic acids is 1. The molecule has 3 nitrogen and oxygen atoms in total. The number of rotatable bonds is 2. The molecule has 0 fully saturated rings. The molecule has 10 heteroatoms. The summed E-state index contributed by atoms with van der Waals surface area (Å²) in [7, 11) is 0. The fraction of sp³-hybridized carbons (Fsp3) is 0.154. The number of nitrogens with one attached hydrogen (secondary N) is 2. The summed E-state index contributed by atoms with van der Waals surface area (Å²) in [5.41, 5.74) is -3.61. The van der Waals surface area contributed by atoms with Gasteiger partial charge in [-0.2, -0.15) is 26.3 Å². The summed E-state index contributed by atoms with van der Waals surface area (Å²) < 4.78 is 76.1. The summed E-state index contributed by atoms with van der Waals surface area (Å²) >= 11 is 1.14. The van der Waals surface area contributed by atoms with Crippen LogP contribution in [0.1, 0.15) is 11.1 Å². The minimum absolute atomic E-state index is 0.0116. The fourth-order valence-corrected chi connectivity index (χ4v) is 2.26. The van der Waals surface area contributed by atoms with Crippen LogP contribution in [0.2, 0.25) is 0 Å². The number of anilines is 2. The summed E-state index contributed by atoms with van der Waals surface area (Å²) in [5, 5.41) is 6.29. The molecule has 0 radical (unpaired) electrons. The molecule has 0 aliphatic carbocycles. The molecule has 2 aromatic rings. The van der Waals surface area contributed by atoms with Crippen molar-refractivity contribution in [2.24, 2.45) is 0 Å². The molecular weight excluding hydrogens is 346 g/mol. The molecule has 2 N–H and O–H groups in total. The zero-order valence-corrected chi connectivity index (χ0v) is 11.9. The number of urea groups is 1. The second-order valence-corrected chi connectivity index (χ2v) is 5.30. The van der Waals surface area contributed by atoms with Gasteiger partial charge in [0, 0.05) is 5.69 Å². The van der Waals surface area contributed by atoms with E-state index in [1.165, 1.54) is 6.07 Å². The van der Waals surface area contributed by atoms with Crippen LogP contribution in [0.3, 0.4) is 0 Å². The number of thiophene rings is 1. The summed E-state index contributed by atoms with van der Waals surface area (Å²) in [6, 6.07) is 3.05. The molecule has 0 saturated carbocycles. The van der Waals surface area contributed by atoms with Crippen molar-refractivity contribution in [1.29, 1.82) is 0 Å². The number of halogens is 6. The molecular formula is C13H8F6N2OS. The first kappa shape index (κ1) is 17.1. The number of amides is 2. The summed E-state index contributed by atoms with van der Waals surface area (Å²) in [5.74, 6) is 0. The van der Waals surface area contributed by atoms with Gasteiger partial charge in [-0.25, -0.2) is 4.79 Å². The van der Waals surface area contributed by atoms with Crippen molar-refractivity contribution in [2.45, 2.75) is 12.4 Å². The summed E-state index contributed by atoms with van der Waals surface area (Å²) in [4.78, 5) is 11.6. The first-order chi connectivity index (χ1) is 10.6. The normalized spacial score (nSPS) is 12.1. The molecule has 2 amide bonds. The van der Waals surface area contributed by atoms with Gasteiger partial charge in [-0.3, -0.25) is 5.32 Å². The Bertz CT molecular complexity index is 661. The monoisotopic (exact) mass is 354 g/mol. The lowest BCUT2D eigenvalue weighted by Crippen LogP contribution is -2.20. The second kappa shape index (κ2) is 6.11. The molecule has 0 spiro atoms. The minimum Gasteiger partial charge on any atom is -0.308 e. The molecule has 2 rings (SSSR count). The van der Waals surface area contributed by atoms with Gasteiger partial charge in [0.15, 0.2) is 0 Å². The molecule has 0 aliphatic heterocycles. The third kappa shape index (κ3) is 4.62. The van der Waals surface area contributed by atoms with E-state index in [1.54, 1.807) is 11.4 Å². The quantitative estimate of drug-likeness (QED) is 0.694. The second-order valence-electron chi connectivity index (χ2n) is 4.35.